The van der Waals surface area contributed by atoms with Crippen LogP contribution in [-0.2, 0) is 131 Å². The molecule has 0 atom stereocenters. The first-order valence-corrected chi connectivity index (χ1v) is 30.7. The normalized spacial score (nSPS) is 11.2. The lowest BCUT2D eigenvalue weighted by atomic mass is 10.2. The van der Waals surface area contributed by atoms with E-state index < -0.39 is 75.5 Å². The summed E-state index contributed by atoms with van der Waals surface area (Å²) in [6.45, 7) is 7.31. The van der Waals surface area contributed by atoms with Gasteiger partial charge in [-0.1, -0.05) is 57.5 Å². The lowest BCUT2D eigenvalue weighted by Crippen LogP contribution is -2.40. The molecule has 36 heteroatoms. The fourth-order valence-corrected chi connectivity index (χ4v) is 9.66. The zero-order valence-corrected chi connectivity index (χ0v) is 55.8. The molecule has 1 amide bonds. The molecule has 0 unspecified atom stereocenters. The molecule has 0 fully saturated rings. The van der Waals surface area contributed by atoms with Crippen LogP contribution in [0.1, 0.15) is 84.6 Å². The third-order valence-electron chi connectivity index (χ3n) is 14.9. The first kappa shape index (κ1) is 75.1. The van der Waals surface area contributed by atoms with Gasteiger partial charge in [-0.25, -0.2) is 47.9 Å². The second-order valence-electron chi connectivity index (χ2n) is 22.3. The topological polar surface area (TPSA) is 382 Å². The van der Waals surface area contributed by atoms with Crippen molar-refractivity contribution in [3.8, 4) is 0 Å². The minimum atomic E-state index is -2.86. The average Bonchev–Trinajstić information content (AvgIpc) is 1.71. The van der Waals surface area contributed by atoms with Gasteiger partial charge in [0, 0.05) is 74.8 Å². The summed E-state index contributed by atoms with van der Waals surface area (Å²) in [6.07, 6.45) is 9.29. The molecule has 0 saturated carbocycles. The number of nitrogens with one attached hydrogen (secondary N) is 1. The number of amides is 1. The minimum absolute atomic E-state index is 0.102. The number of hydrogen-bond acceptors (Lipinski definition) is 21. The van der Waals surface area contributed by atoms with Gasteiger partial charge in [0.1, 0.15) is 32.8 Å². The molecule has 0 aliphatic heterocycles. The number of ether oxygens (including phenoxy) is 4. The van der Waals surface area contributed by atoms with E-state index in [9.17, 15) is 71.1 Å². The van der Waals surface area contributed by atoms with Gasteiger partial charge in [-0.2, -0.15) is 0 Å². The molecule has 1 aromatic carbocycles. The molecule has 9 rings (SSSR count). The Morgan fingerprint density at radius 1 is 0.474 bits per heavy atom. The fourth-order valence-electron chi connectivity index (χ4n) is 9.66. The maximum absolute atomic E-state index is 12.7. The van der Waals surface area contributed by atoms with Gasteiger partial charge in [-0.3, -0.25) is 79.7 Å². The summed E-state index contributed by atoms with van der Waals surface area (Å²) in [4.78, 5) is 172. The smallest absolute Gasteiger partial charge is 0.332 e. The number of aryl methyl sites for hydroxylation is 4. The van der Waals surface area contributed by atoms with Crippen molar-refractivity contribution in [2.24, 2.45) is 42.3 Å². The summed E-state index contributed by atoms with van der Waals surface area (Å²) in [6, 6.07) is 9.41. The van der Waals surface area contributed by atoms with Crippen molar-refractivity contribution < 1.29 is 51.7 Å². The number of hydrogen-bond donors (Lipinski definition) is 1. The number of carbonyl (C=O) groups is 5. The van der Waals surface area contributed by atoms with Gasteiger partial charge in [0.15, 0.2) is 44.7 Å². The Morgan fingerprint density at radius 2 is 0.887 bits per heavy atom. The summed E-state index contributed by atoms with van der Waals surface area (Å²) in [7, 11) is 9.86. The summed E-state index contributed by atoms with van der Waals surface area (Å²) >= 11 is 0. The van der Waals surface area contributed by atoms with Crippen LogP contribution in [0.15, 0.2) is 94.0 Å². The minimum Gasteiger partial charge on any atom is -0.468 e. The van der Waals surface area contributed by atoms with Crippen LogP contribution < -0.4 is 50.3 Å². The number of imidazole rings is 4. The third kappa shape index (κ3) is 18.5. The van der Waals surface area contributed by atoms with Gasteiger partial charge < -0.3 is 42.5 Å². The summed E-state index contributed by atoms with van der Waals surface area (Å²) < 4.78 is 60.2. The SMILES string of the molecule is CCCCOC(=O)Cn1cnc2c1c(=O)n(C)c(=O)n2C.CCCn1c(=O)c2c(ncn2CC(=O)OC)n(CCC)c1=O.Cn1c(=O)c2c(ncn2CC(=O)NCCC(C)(F)F)n(C)c1=O.Cn1c(=O)c2c(ncn2CC(=O)OCCCCC(=O)OCc2ccccc2)n(C)c1=O. The first-order chi connectivity index (χ1) is 46.0. The number of unbranched alkanes of at least 4 members (excludes halogenated alkanes) is 2. The van der Waals surface area contributed by atoms with Crippen LogP contribution in [0.3, 0.4) is 0 Å². The fraction of sp³-hybridized carbons (Fsp3) is 0.492. The van der Waals surface area contributed by atoms with Crippen molar-refractivity contribution in [3.05, 3.63) is 145 Å². The lowest BCUT2D eigenvalue weighted by Gasteiger charge is -2.11. The van der Waals surface area contributed by atoms with E-state index in [0.29, 0.717) is 44.6 Å². The van der Waals surface area contributed by atoms with Crippen LogP contribution in [0.4, 0.5) is 8.78 Å². The van der Waals surface area contributed by atoms with Crippen LogP contribution >= 0.6 is 0 Å². The van der Waals surface area contributed by atoms with Crippen LogP contribution in [0.5, 0.6) is 0 Å². The van der Waals surface area contributed by atoms with E-state index in [0.717, 1.165) is 45.5 Å². The largest absolute Gasteiger partial charge is 0.468 e. The molecule has 0 aliphatic rings. The Bertz CT molecular complexity index is 4840. The van der Waals surface area contributed by atoms with E-state index >= 15 is 0 Å². The number of carbonyl (C=O) groups excluding carboxylic acids is 5. The van der Waals surface area contributed by atoms with Crippen molar-refractivity contribution in [3.63, 3.8) is 0 Å². The van der Waals surface area contributed by atoms with Crippen LogP contribution in [0.25, 0.3) is 44.7 Å². The average molecular weight is 1360 g/mol. The standard InChI is InChI=1S/C21H24N4O6.C14H20N4O4.C13H17F2N5O3.C13H18N4O4/c1-23-19-18(20(28)24(2)21(23)29)25(14-22-19)12-17(27)30-11-7-6-10-16(26)31-13-15-8-4-3-5-9-15;1-4-6-17-12-11(13(20)18(7-5-2)14(17)21)16(9-15-12)8-10(19)22-3;1-13(14,15)4-5-16-8(21)6-20-7-17-10-9(20)11(22)19(3)12(23)18(10)2;1-4-5-6-21-9(18)7-17-8-14-11-10(17)12(19)16(3)13(20)15(11)2/h3-5,8-9,14H,6-7,10-13H2,1-2H3;9H,4-8H2,1-3H3;7H,4-6H2,1-3H3,(H,16,21);8H,4-7H2,1-3H3. The van der Waals surface area contributed by atoms with Gasteiger partial charge in [0.25, 0.3) is 22.2 Å². The maximum Gasteiger partial charge on any atom is 0.332 e. The Morgan fingerprint density at radius 3 is 1.32 bits per heavy atom. The van der Waals surface area contributed by atoms with E-state index in [2.05, 4.69) is 30.0 Å². The molecule has 97 heavy (non-hydrogen) atoms. The molecule has 1 N–H and O–H groups in total. The number of methoxy groups -OCH3 is 1. The summed E-state index contributed by atoms with van der Waals surface area (Å²) in [5.41, 5.74) is -1.26. The zero-order chi connectivity index (χ0) is 71.6. The van der Waals surface area contributed by atoms with Crippen molar-refractivity contribution in [2.75, 3.05) is 26.9 Å². The quantitative estimate of drug-likeness (QED) is 0.0465. The van der Waals surface area contributed by atoms with Crippen LogP contribution in [0.2, 0.25) is 0 Å². The highest BCUT2D eigenvalue weighted by Crippen LogP contribution is 2.16. The monoisotopic (exact) mass is 1360 g/mol. The Balaban J connectivity index is 0.000000207. The number of aromatic nitrogens is 16. The number of fused-ring (bicyclic) bond motifs is 4. The molecule has 0 spiro atoms. The molecule has 8 heterocycles. The molecule has 34 nitrogen and oxygen atoms in total. The van der Waals surface area contributed by atoms with E-state index in [1.54, 1.807) is 0 Å². The van der Waals surface area contributed by atoms with E-state index in [-0.39, 0.29) is 103 Å². The Labute approximate surface area is 549 Å². The van der Waals surface area contributed by atoms with Crippen LogP contribution in [-0.4, -0.2) is 137 Å². The molecular weight excluding hydrogens is 1280 g/mol. The number of esters is 4. The highest BCUT2D eigenvalue weighted by Gasteiger charge is 2.23. The molecule has 0 aliphatic carbocycles. The van der Waals surface area contributed by atoms with Gasteiger partial charge in [-0.15, -0.1) is 0 Å². The number of benzene rings is 1. The third-order valence-corrected chi connectivity index (χ3v) is 14.9. The van der Waals surface area contributed by atoms with Crippen LogP contribution in [0, 0.1) is 0 Å². The van der Waals surface area contributed by atoms with Gasteiger partial charge in [0.05, 0.1) is 45.6 Å². The predicted octanol–water partition coefficient (Wildman–Crippen LogP) is 0.616. The highest BCUT2D eigenvalue weighted by molar-refractivity contribution is 5.79. The molecular formula is C61H79F2N17O17. The van der Waals surface area contributed by atoms with E-state index in [1.807, 2.05) is 51.1 Å². The first-order valence-electron chi connectivity index (χ1n) is 30.7. The van der Waals surface area contributed by atoms with E-state index in [4.69, 9.17) is 14.2 Å². The maximum atomic E-state index is 12.7. The zero-order valence-electron chi connectivity index (χ0n) is 55.8. The van der Waals surface area contributed by atoms with Gasteiger partial charge in [-0.05, 0) is 44.6 Å². The molecule has 0 saturated heterocycles. The highest BCUT2D eigenvalue weighted by atomic mass is 19.3. The number of halogens is 2. The number of rotatable bonds is 25. The number of alkyl halides is 2. The number of nitrogens with zero attached hydrogens (tertiary/aromatic N) is 16. The molecule has 8 aromatic heterocycles. The Kier molecular flexibility index (Phi) is 26.3. The molecule has 524 valence electrons. The predicted molar refractivity (Wildman–Crippen MR) is 347 cm³/mol. The van der Waals surface area contributed by atoms with Crippen molar-refractivity contribution in [2.45, 2.75) is 131 Å². The van der Waals surface area contributed by atoms with Crippen molar-refractivity contribution in [1.82, 2.24) is 80.1 Å². The second kappa shape index (κ2) is 33.9. The van der Waals surface area contributed by atoms with Gasteiger partial charge >= 0.3 is 46.6 Å². The summed E-state index contributed by atoms with van der Waals surface area (Å²) in [5, 5.41) is 2.36. The Hall–Kier alpha value is -11.0. The second-order valence-corrected chi connectivity index (χ2v) is 22.3. The molecule has 0 bridgehead atoms. The lowest BCUT2D eigenvalue weighted by molar-refractivity contribution is -0.146. The van der Waals surface area contributed by atoms with E-state index in [1.165, 1.54) is 116 Å². The van der Waals surface area contributed by atoms with Crippen molar-refractivity contribution >= 4 is 74.4 Å². The van der Waals surface area contributed by atoms with Gasteiger partial charge in [0.2, 0.25) is 11.8 Å². The van der Waals surface area contributed by atoms with Crippen molar-refractivity contribution in [1.29, 1.82) is 0 Å². The molecule has 9 aromatic rings. The molecule has 0 radical (unpaired) electrons. The summed E-state index contributed by atoms with van der Waals surface area (Å²) in [5.74, 6) is -5.14.